The molecule has 1 atom stereocenters. The molecule has 0 radical (unpaired) electrons. The molecular formula is C13H17BrClNO. The second-order valence-corrected chi connectivity index (χ2v) is 5.38. The molecule has 1 N–H and O–H groups in total. The third-order valence-electron chi connectivity index (χ3n) is 2.59. The lowest BCUT2D eigenvalue weighted by atomic mass is 10.1. The average molecular weight is 319 g/mol. The van der Waals surface area contributed by atoms with Gasteiger partial charge in [-0.2, -0.15) is 0 Å². The quantitative estimate of drug-likeness (QED) is 0.856. The van der Waals surface area contributed by atoms with E-state index in [0.29, 0.717) is 10.6 Å². The molecule has 1 aromatic rings. The molecule has 17 heavy (non-hydrogen) atoms. The van der Waals surface area contributed by atoms with Crippen molar-refractivity contribution in [3.63, 3.8) is 0 Å². The van der Waals surface area contributed by atoms with E-state index in [1.165, 1.54) is 0 Å². The molecule has 0 aromatic heterocycles. The first-order valence-electron chi connectivity index (χ1n) is 5.83. The van der Waals surface area contributed by atoms with Crippen LogP contribution < -0.4 is 5.32 Å². The van der Waals surface area contributed by atoms with Crippen molar-refractivity contribution in [3.05, 3.63) is 33.3 Å². The number of carbonyl (C=O) groups is 1. The Morgan fingerprint density at radius 3 is 2.65 bits per heavy atom. The highest BCUT2D eigenvalue weighted by molar-refractivity contribution is 9.10. The summed E-state index contributed by atoms with van der Waals surface area (Å²) in [4.78, 5) is 12.0. The summed E-state index contributed by atoms with van der Waals surface area (Å²) in [5.74, 6) is -0.0616. The highest BCUT2D eigenvalue weighted by Crippen LogP contribution is 2.19. The lowest BCUT2D eigenvalue weighted by molar-refractivity contribution is 0.0933. The normalized spacial score (nSPS) is 12.2. The molecule has 0 heterocycles. The highest BCUT2D eigenvalue weighted by atomic mass is 79.9. The number of hydrogen-bond acceptors (Lipinski definition) is 1. The molecule has 4 heteroatoms. The Morgan fingerprint density at radius 1 is 1.41 bits per heavy atom. The van der Waals surface area contributed by atoms with E-state index in [1.54, 1.807) is 18.2 Å². The predicted octanol–water partition coefficient (Wildman–Crippen LogP) is 4.41. The van der Waals surface area contributed by atoms with Crippen molar-refractivity contribution in [2.24, 2.45) is 0 Å². The molecule has 1 amide bonds. The second-order valence-electron chi connectivity index (χ2n) is 4.03. The van der Waals surface area contributed by atoms with Crippen LogP contribution in [0.2, 0.25) is 5.02 Å². The molecule has 1 aromatic carbocycles. The van der Waals surface area contributed by atoms with Gasteiger partial charge in [0.15, 0.2) is 0 Å². The van der Waals surface area contributed by atoms with Crippen LogP contribution >= 0.6 is 27.5 Å². The Bertz CT molecular complexity index is 375. The maximum atomic E-state index is 12.0. The van der Waals surface area contributed by atoms with Crippen molar-refractivity contribution in [2.45, 2.75) is 39.2 Å². The van der Waals surface area contributed by atoms with Gasteiger partial charge in [-0.05, 0) is 31.0 Å². The van der Waals surface area contributed by atoms with E-state index in [1.807, 2.05) is 0 Å². The van der Waals surface area contributed by atoms with Crippen molar-refractivity contribution < 1.29 is 4.79 Å². The smallest absolute Gasteiger partial charge is 0.251 e. The first-order chi connectivity index (χ1) is 8.06. The lowest BCUT2D eigenvalue weighted by Crippen LogP contribution is -2.34. The highest BCUT2D eigenvalue weighted by Gasteiger charge is 2.12. The van der Waals surface area contributed by atoms with E-state index in [4.69, 9.17) is 11.6 Å². The number of nitrogens with one attached hydrogen (secondary N) is 1. The van der Waals surface area contributed by atoms with Gasteiger partial charge >= 0.3 is 0 Å². The second kappa shape index (κ2) is 7.02. The fraction of sp³-hybridized carbons (Fsp3) is 0.462. The van der Waals surface area contributed by atoms with Crippen LogP contribution in [0.3, 0.4) is 0 Å². The van der Waals surface area contributed by atoms with Crippen LogP contribution in [0, 0.1) is 0 Å². The Balaban J connectivity index is 2.75. The van der Waals surface area contributed by atoms with Crippen LogP contribution in [0.25, 0.3) is 0 Å². The van der Waals surface area contributed by atoms with Gasteiger partial charge in [-0.25, -0.2) is 0 Å². The molecule has 0 saturated carbocycles. The Labute approximate surface area is 116 Å². The summed E-state index contributed by atoms with van der Waals surface area (Å²) in [6.45, 7) is 4.19. The molecule has 0 aliphatic heterocycles. The minimum absolute atomic E-state index is 0.0616. The molecule has 0 bridgehead atoms. The van der Waals surface area contributed by atoms with Crippen molar-refractivity contribution in [1.29, 1.82) is 0 Å². The molecule has 94 valence electrons. The molecule has 0 aliphatic carbocycles. The predicted molar refractivity (Wildman–Crippen MR) is 75.6 cm³/mol. The van der Waals surface area contributed by atoms with Gasteiger partial charge in [0.05, 0.1) is 0 Å². The lowest BCUT2D eigenvalue weighted by Gasteiger charge is -2.16. The minimum Gasteiger partial charge on any atom is -0.349 e. The van der Waals surface area contributed by atoms with Gasteiger partial charge in [0, 0.05) is 21.1 Å². The number of benzene rings is 1. The molecule has 0 spiro atoms. The van der Waals surface area contributed by atoms with Crippen LogP contribution in [-0.2, 0) is 0 Å². The van der Waals surface area contributed by atoms with Crippen LogP contribution in [0.5, 0.6) is 0 Å². The Morgan fingerprint density at radius 2 is 2.12 bits per heavy atom. The van der Waals surface area contributed by atoms with Crippen molar-refractivity contribution in [2.75, 3.05) is 0 Å². The zero-order valence-electron chi connectivity index (χ0n) is 10.1. The van der Waals surface area contributed by atoms with Crippen molar-refractivity contribution >= 4 is 33.4 Å². The van der Waals surface area contributed by atoms with Crippen LogP contribution in [0.1, 0.15) is 43.5 Å². The van der Waals surface area contributed by atoms with Gasteiger partial charge in [-0.3, -0.25) is 4.79 Å². The summed E-state index contributed by atoms with van der Waals surface area (Å²) in [5.41, 5.74) is 0.596. The summed E-state index contributed by atoms with van der Waals surface area (Å²) >= 11 is 9.25. The van der Waals surface area contributed by atoms with E-state index in [-0.39, 0.29) is 11.9 Å². The summed E-state index contributed by atoms with van der Waals surface area (Å²) in [6.07, 6.45) is 3.02. The van der Waals surface area contributed by atoms with E-state index in [2.05, 4.69) is 35.1 Å². The van der Waals surface area contributed by atoms with Crippen LogP contribution in [0.4, 0.5) is 0 Å². The monoisotopic (exact) mass is 317 g/mol. The maximum absolute atomic E-state index is 12.0. The van der Waals surface area contributed by atoms with Crippen molar-refractivity contribution in [3.8, 4) is 0 Å². The van der Waals surface area contributed by atoms with Gasteiger partial charge < -0.3 is 5.32 Å². The zero-order valence-corrected chi connectivity index (χ0v) is 12.4. The van der Waals surface area contributed by atoms with E-state index in [9.17, 15) is 4.79 Å². The minimum atomic E-state index is -0.0616. The fourth-order valence-electron chi connectivity index (χ4n) is 1.68. The maximum Gasteiger partial charge on any atom is 0.251 e. The molecule has 0 fully saturated rings. The van der Waals surface area contributed by atoms with E-state index < -0.39 is 0 Å². The molecule has 0 aliphatic rings. The summed E-state index contributed by atoms with van der Waals surface area (Å²) < 4.78 is 0.818. The zero-order chi connectivity index (χ0) is 12.8. The third-order valence-corrected chi connectivity index (χ3v) is 3.27. The van der Waals surface area contributed by atoms with Crippen LogP contribution in [-0.4, -0.2) is 11.9 Å². The van der Waals surface area contributed by atoms with Gasteiger partial charge in [0.25, 0.3) is 5.91 Å². The fourth-order valence-corrected chi connectivity index (χ4v) is 2.54. The molecular weight excluding hydrogens is 302 g/mol. The summed E-state index contributed by atoms with van der Waals surface area (Å²) in [6, 6.07) is 5.47. The van der Waals surface area contributed by atoms with Gasteiger partial charge in [-0.1, -0.05) is 47.8 Å². The van der Waals surface area contributed by atoms with Gasteiger partial charge in [0.1, 0.15) is 0 Å². The van der Waals surface area contributed by atoms with Gasteiger partial charge in [-0.15, -0.1) is 0 Å². The molecule has 0 saturated heterocycles. The number of halogens is 2. The summed E-state index contributed by atoms with van der Waals surface area (Å²) in [5, 5.41) is 3.58. The molecule has 2 nitrogen and oxygen atoms in total. The van der Waals surface area contributed by atoms with E-state index in [0.717, 1.165) is 23.7 Å². The third kappa shape index (κ3) is 4.68. The Hall–Kier alpha value is -0.540. The average Bonchev–Trinajstić information content (AvgIpc) is 2.27. The summed E-state index contributed by atoms with van der Waals surface area (Å²) in [7, 11) is 0. The first-order valence-corrected chi connectivity index (χ1v) is 7.00. The topological polar surface area (TPSA) is 29.1 Å². The number of amides is 1. The van der Waals surface area contributed by atoms with Crippen LogP contribution in [0.15, 0.2) is 22.7 Å². The first kappa shape index (κ1) is 14.5. The SMILES string of the molecule is CCCC(CC)NC(=O)c1cc(Cl)cc(Br)c1. The molecule has 1 rings (SSSR count). The van der Waals surface area contributed by atoms with E-state index >= 15 is 0 Å². The van der Waals surface area contributed by atoms with Crippen molar-refractivity contribution in [1.82, 2.24) is 5.32 Å². The Kier molecular flexibility index (Phi) is 6.00. The number of carbonyl (C=O) groups excluding carboxylic acids is 1. The number of rotatable bonds is 5. The molecule has 1 unspecified atom stereocenters. The number of hydrogen-bond donors (Lipinski definition) is 1. The largest absolute Gasteiger partial charge is 0.349 e. The standard InChI is InChI=1S/C13H17BrClNO/c1-3-5-12(4-2)16-13(17)9-6-10(14)8-11(15)7-9/h6-8,12H,3-5H2,1-2H3,(H,16,17). The van der Waals surface area contributed by atoms with Gasteiger partial charge in [0.2, 0.25) is 0 Å².